The van der Waals surface area contributed by atoms with Crippen LogP contribution in [-0.4, -0.2) is 43.9 Å². The molecule has 2 heterocycles. The molecular weight excluding hydrogens is 386 g/mol. The highest BCUT2D eigenvalue weighted by molar-refractivity contribution is 7.89. The largest absolute Gasteiger partial charge is 0.493 e. The van der Waals surface area contributed by atoms with E-state index in [0.717, 1.165) is 5.56 Å². The number of hydrogen-bond acceptors (Lipinski definition) is 5. The molecule has 6 nitrogen and oxygen atoms in total. The van der Waals surface area contributed by atoms with Crippen LogP contribution in [0.15, 0.2) is 53.7 Å². The molecule has 0 bridgehead atoms. The molecule has 1 unspecified atom stereocenters. The molecule has 0 spiro atoms. The molecule has 148 valence electrons. The molecule has 1 fully saturated rings. The number of pyridine rings is 1. The fraction of sp³-hybridized carbons (Fsp3) is 0.421. The van der Waals surface area contributed by atoms with Gasteiger partial charge in [0, 0.05) is 32.0 Å². The first kappa shape index (κ1) is 21.6. The van der Waals surface area contributed by atoms with Crippen LogP contribution in [-0.2, 0) is 10.0 Å². The van der Waals surface area contributed by atoms with Crippen LogP contribution < -0.4 is 10.1 Å². The standard InChI is InChI=1S/C19H25N3O3S.ClH/c1-15(2)14-25-17-5-7-18(8-6-17)26(23,24)22-11-10-21-13-19(22)16-4-3-9-20-12-16;/h3-9,12,15,19,21H,10-11,13-14H2,1-2H3;1H. The predicted molar refractivity (Wildman–Crippen MR) is 108 cm³/mol. The molecule has 1 aromatic carbocycles. The van der Waals surface area contributed by atoms with Crippen molar-refractivity contribution in [3.8, 4) is 5.75 Å². The molecule has 0 amide bonds. The molecule has 1 saturated heterocycles. The van der Waals surface area contributed by atoms with Crippen LogP contribution in [0.2, 0.25) is 0 Å². The number of aromatic nitrogens is 1. The molecule has 8 heteroatoms. The number of nitrogens with zero attached hydrogens (tertiary/aromatic N) is 2. The Hall–Kier alpha value is -1.67. The van der Waals surface area contributed by atoms with Crippen molar-refractivity contribution in [1.82, 2.24) is 14.6 Å². The summed E-state index contributed by atoms with van der Waals surface area (Å²) in [5.74, 6) is 1.10. The number of nitrogens with one attached hydrogen (secondary N) is 1. The molecule has 27 heavy (non-hydrogen) atoms. The zero-order chi connectivity index (χ0) is 18.6. The summed E-state index contributed by atoms with van der Waals surface area (Å²) in [6.07, 6.45) is 3.41. The van der Waals surface area contributed by atoms with Gasteiger partial charge in [-0.05, 0) is 41.8 Å². The number of piperazine rings is 1. The Labute approximate surface area is 167 Å². The first-order valence-electron chi connectivity index (χ1n) is 8.84. The molecule has 0 saturated carbocycles. The number of hydrogen-bond donors (Lipinski definition) is 1. The van der Waals surface area contributed by atoms with Gasteiger partial charge in [-0.2, -0.15) is 4.31 Å². The lowest BCUT2D eigenvalue weighted by Crippen LogP contribution is -2.48. The van der Waals surface area contributed by atoms with Gasteiger partial charge in [0.1, 0.15) is 5.75 Å². The fourth-order valence-corrected chi connectivity index (χ4v) is 4.55. The number of rotatable bonds is 6. The molecule has 1 atom stereocenters. The maximum absolute atomic E-state index is 13.2. The monoisotopic (exact) mass is 411 g/mol. The molecule has 1 aromatic heterocycles. The van der Waals surface area contributed by atoms with Crippen molar-refractivity contribution in [2.24, 2.45) is 5.92 Å². The topological polar surface area (TPSA) is 71.5 Å². The van der Waals surface area contributed by atoms with Gasteiger partial charge in [-0.3, -0.25) is 4.98 Å². The number of benzene rings is 1. The zero-order valence-electron chi connectivity index (χ0n) is 15.5. The summed E-state index contributed by atoms with van der Waals surface area (Å²) < 4.78 is 33.6. The summed E-state index contributed by atoms with van der Waals surface area (Å²) in [5, 5.41) is 3.27. The van der Waals surface area contributed by atoms with E-state index in [-0.39, 0.29) is 23.3 Å². The Morgan fingerprint density at radius 2 is 2.00 bits per heavy atom. The van der Waals surface area contributed by atoms with Gasteiger partial charge in [0.2, 0.25) is 10.0 Å². The van der Waals surface area contributed by atoms with Crippen LogP contribution in [0.25, 0.3) is 0 Å². The van der Waals surface area contributed by atoms with Gasteiger partial charge in [0.15, 0.2) is 0 Å². The van der Waals surface area contributed by atoms with Gasteiger partial charge in [0.05, 0.1) is 17.5 Å². The Bertz CT molecular complexity index is 814. The first-order chi connectivity index (χ1) is 12.5. The molecule has 1 aliphatic heterocycles. The maximum Gasteiger partial charge on any atom is 0.243 e. The third-order valence-corrected chi connectivity index (χ3v) is 6.20. The molecule has 2 aromatic rings. The number of halogens is 1. The summed E-state index contributed by atoms with van der Waals surface area (Å²) in [6.45, 7) is 6.37. The van der Waals surface area contributed by atoms with Crippen molar-refractivity contribution in [2.75, 3.05) is 26.2 Å². The van der Waals surface area contributed by atoms with Crippen molar-refractivity contribution < 1.29 is 13.2 Å². The second kappa shape index (κ2) is 9.50. The summed E-state index contributed by atoms with van der Waals surface area (Å²) in [5.41, 5.74) is 0.889. The molecule has 1 N–H and O–H groups in total. The summed E-state index contributed by atoms with van der Waals surface area (Å²) in [4.78, 5) is 4.41. The Kier molecular flexibility index (Phi) is 7.61. The zero-order valence-corrected chi connectivity index (χ0v) is 17.2. The van der Waals surface area contributed by atoms with E-state index in [9.17, 15) is 8.42 Å². The highest BCUT2D eigenvalue weighted by Gasteiger charge is 2.34. The van der Waals surface area contributed by atoms with Crippen LogP contribution >= 0.6 is 12.4 Å². The summed E-state index contributed by atoms with van der Waals surface area (Å²) in [6, 6.07) is 10.2. The van der Waals surface area contributed by atoms with E-state index < -0.39 is 10.0 Å². The average molecular weight is 412 g/mol. The lowest BCUT2D eigenvalue weighted by Gasteiger charge is -2.35. The predicted octanol–water partition coefficient (Wildman–Crippen LogP) is 2.87. The molecule has 0 radical (unpaired) electrons. The molecule has 1 aliphatic rings. The van der Waals surface area contributed by atoms with E-state index in [1.54, 1.807) is 41.0 Å². The lowest BCUT2D eigenvalue weighted by molar-refractivity contribution is 0.269. The molecule has 0 aliphatic carbocycles. The SMILES string of the molecule is CC(C)COc1ccc(S(=O)(=O)N2CCNCC2c2cccnc2)cc1.Cl. The maximum atomic E-state index is 13.2. The minimum Gasteiger partial charge on any atom is -0.493 e. The normalized spacial score (nSPS) is 18.1. The number of ether oxygens (including phenoxy) is 1. The van der Waals surface area contributed by atoms with Crippen molar-refractivity contribution in [2.45, 2.75) is 24.8 Å². The molecule has 3 rings (SSSR count). The minimum absolute atomic E-state index is 0. The lowest BCUT2D eigenvalue weighted by atomic mass is 10.1. The third kappa shape index (κ3) is 5.19. The molecular formula is C19H26ClN3O3S. The van der Waals surface area contributed by atoms with E-state index in [2.05, 4.69) is 24.1 Å². The van der Waals surface area contributed by atoms with Crippen molar-refractivity contribution in [3.05, 3.63) is 54.4 Å². The van der Waals surface area contributed by atoms with Crippen LogP contribution in [0.4, 0.5) is 0 Å². The van der Waals surface area contributed by atoms with Crippen molar-refractivity contribution in [1.29, 1.82) is 0 Å². The second-order valence-corrected chi connectivity index (χ2v) is 8.69. The average Bonchev–Trinajstić information content (AvgIpc) is 2.67. The van der Waals surface area contributed by atoms with E-state index in [0.29, 0.717) is 37.9 Å². The van der Waals surface area contributed by atoms with Crippen molar-refractivity contribution >= 4 is 22.4 Å². The van der Waals surface area contributed by atoms with Gasteiger partial charge >= 0.3 is 0 Å². The van der Waals surface area contributed by atoms with Crippen LogP contribution in [0, 0.1) is 5.92 Å². The summed E-state index contributed by atoms with van der Waals surface area (Å²) in [7, 11) is -3.60. The van der Waals surface area contributed by atoms with Crippen LogP contribution in [0.5, 0.6) is 5.75 Å². The summed E-state index contributed by atoms with van der Waals surface area (Å²) >= 11 is 0. The van der Waals surface area contributed by atoms with Crippen molar-refractivity contribution in [3.63, 3.8) is 0 Å². The Morgan fingerprint density at radius 3 is 2.63 bits per heavy atom. The van der Waals surface area contributed by atoms with E-state index in [4.69, 9.17) is 4.74 Å². The van der Waals surface area contributed by atoms with Crippen LogP contribution in [0.3, 0.4) is 0 Å². The van der Waals surface area contributed by atoms with Gasteiger partial charge in [-0.15, -0.1) is 12.4 Å². The smallest absolute Gasteiger partial charge is 0.243 e. The first-order valence-corrected chi connectivity index (χ1v) is 10.3. The van der Waals surface area contributed by atoms with Gasteiger partial charge in [-0.1, -0.05) is 19.9 Å². The number of sulfonamides is 1. The van der Waals surface area contributed by atoms with Crippen LogP contribution in [0.1, 0.15) is 25.5 Å². The quantitative estimate of drug-likeness (QED) is 0.791. The highest BCUT2D eigenvalue weighted by Crippen LogP contribution is 2.29. The Morgan fingerprint density at radius 1 is 1.26 bits per heavy atom. The van der Waals surface area contributed by atoms with E-state index >= 15 is 0 Å². The van der Waals surface area contributed by atoms with E-state index in [1.165, 1.54) is 0 Å². The third-order valence-electron chi connectivity index (χ3n) is 4.28. The fourth-order valence-electron chi connectivity index (χ4n) is 2.94. The minimum atomic E-state index is -3.60. The van der Waals surface area contributed by atoms with Gasteiger partial charge in [-0.25, -0.2) is 8.42 Å². The highest BCUT2D eigenvalue weighted by atomic mass is 35.5. The second-order valence-electron chi connectivity index (χ2n) is 6.80. The van der Waals surface area contributed by atoms with E-state index in [1.807, 2.05) is 12.1 Å². The Balaban J connectivity index is 0.00000261. The van der Waals surface area contributed by atoms with Gasteiger partial charge in [0.25, 0.3) is 0 Å². The van der Waals surface area contributed by atoms with Gasteiger partial charge < -0.3 is 10.1 Å².